The summed E-state index contributed by atoms with van der Waals surface area (Å²) in [7, 11) is 0. The van der Waals surface area contributed by atoms with E-state index in [9.17, 15) is 9.65 Å². The average Bonchev–Trinajstić information content (AvgIpc) is 2.33. The molecular weight excluding hydrogens is 229 g/mol. The fourth-order valence-electron chi connectivity index (χ4n) is 1.98. The minimum atomic E-state index is -0.574. The van der Waals surface area contributed by atoms with Crippen LogP contribution in [0.3, 0.4) is 0 Å². The number of nitrogens with zero attached hydrogens (tertiary/aromatic N) is 1. The van der Waals surface area contributed by atoms with E-state index in [2.05, 4.69) is 6.07 Å². The Morgan fingerprint density at radius 2 is 2.06 bits per heavy atom. The van der Waals surface area contributed by atoms with Gasteiger partial charge in [0, 0.05) is 13.2 Å². The predicted molar refractivity (Wildman–Crippen MR) is 58.8 cm³/mol. The highest BCUT2D eigenvalue weighted by molar-refractivity contribution is 6.30. The van der Waals surface area contributed by atoms with Gasteiger partial charge in [-0.05, 0) is 30.5 Å². The van der Waals surface area contributed by atoms with Crippen LogP contribution in [0.2, 0.25) is 5.02 Å². The Morgan fingerprint density at radius 1 is 1.38 bits per heavy atom. The third-order valence-electron chi connectivity index (χ3n) is 3.03. The van der Waals surface area contributed by atoms with Crippen LogP contribution < -0.4 is 0 Å². The smallest absolute Gasteiger partial charge is 0.141 e. The first-order chi connectivity index (χ1) is 7.68. The summed E-state index contributed by atoms with van der Waals surface area (Å²) in [6, 6.07) is 6.81. The third kappa shape index (κ3) is 1.91. The van der Waals surface area contributed by atoms with Crippen LogP contribution in [0, 0.1) is 17.1 Å². The molecule has 0 radical (unpaired) electrons. The van der Waals surface area contributed by atoms with Crippen LogP contribution in [-0.4, -0.2) is 13.2 Å². The standard InChI is InChI=1S/C12H11ClFNO/c13-10-7-9(1-2-11(10)14)12(8-15)3-5-16-6-4-12/h1-2,7H,3-6H2. The van der Waals surface area contributed by atoms with Gasteiger partial charge in [0.15, 0.2) is 0 Å². The lowest BCUT2D eigenvalue weighted by Gasteiger charge is -2.31. The lowest BCUT2D eigenvalue weighted by atomic mass is 9.75. The highest BCUT2D eigenvalue weighted by atomic mass is 35.5. The number of benzene rings is 1. The van der Waals surface area contributed by atoms with E-state index >= 15 is 0 Å². The van der Waals surface area contributed by atoms with Gasteiger partial charge in [0.1, 0.15) is 5.82 Å². The number of nitriles is 1. The summed E-state index contributed by atoms with van der Waals surface area (Å²) in [5, 5.41) is 9.38. The van der Waals surface area contributed by atoms with Gasteiger partial charge in [-0.2, -0.15) is 5.26 Å². The van der Waals surface area contributed by atoms with Crippen LogP contribution in [0.5, 0.6) is 0 Å². The van der Waals surface area contributed by atoms with Gasteiger partial charge >= 0.3 is 0 Å². The van der Waals surface area contributed by atoms with Crippen LogP contribution in [-0.2, 0) is 10.2 Å². The van der Waals surface area contributed by atoms with Gasteiger partial charge in [0.25, 0.3) is 0 Å². The Bertz CT molecular complexity index is 435. The maximum Gasteiger partial charge on any atom is 0.141 e. The lowest BCUT2D eigenvalue weighted by molar-refractivity contribution is 0.0675. The molecule has 0 aromatic heterocycles. The Balaban J connectivity index is 2.40. The second kappa shape index (κ2) is 4.40. The van der Waals surface area contributed by atoms with E-state index in [0.29, 0.717) is 26.1 Å². The van der Waals surface area contributed by atoms with Crippen molar-refractivity contribution < 1.29 is 9.13 Å². The molecule has 1 aromatic rings. The first-order valence-electron chi connectivity index (χ1n) is 5.12. The molecule has 0 aliphatic carbocycles. The summed E-state index contributed by atoms with van der Waals surface area (Å²) >= 11 is 5.74. The third-order valence-corrected chi connectivity index (χ3v) is 3.32. The van der Waals surface area contributed by atoms with Crippen molar-refractivity contribution >= 4 is 11.6 Å². The molecule has 1 aliphatic heterocycles. The van der Waals surface area contributed by atoms with E-state index in [1.54, 1.807) is 12.1 Å². The summed E-state index contributed by atoms with van der Waals surface area (Å²) in [5.74, 6) is -0.453. The van der Waals surface area contributed by atoms with E-state index in [0.717, 1.165) is 5.56 Å². The molecule has 0 N–H and O–H groups in total. The van der Waals surface area contributed by atoms with Crippen molar-refractivity contribution in [2.24, 2.45) is 0 Å². The van der Waals surface area contributed by atoms with Crippen LogP contribution in [0.1, 0.15) is 18.4 Å². The van der Waals surface area contributed by atoms with Crippen molar-refractivity contribution in [2.75, 3.05) is 13.2 Å². The Labute approximate surface area is 98.6 Å². The number of ether oxygens (including phenoxy) is 1. The minimum absolute atomic E-state index is 0.0682. The summed E-state index contributed by atoms with van der Waals surface area (Å²) in [6.45, 7) is 1.12. The van der Waals surface area contributed by atoms with Crippen LogP contribution in [0.25, 0.3) is 0 Å². The second-order valence-electron chi connectivity index (χ2n) is 3.94. The fraction of sp³-hybridized carbons (Fsp3) is 0.417. The van der Waals surface area contributed by atoms with Gasteiger partial charge in [0.2, 0.25) is 0 Å². The molecule has 16 heavy (non-hydrogen) atoms. The van der Waals surface area contributed by atoms with E-state index in [4.69, 9.17) is 16.3 Å². The van der Waals surface area contributed by atoms with Crippen molar-refractivity contribution in [1.29, 1.82) is 5.26 Å². The molecule has 1 fully saturated rings. The van der Waals surface area contributed by atoms with E-state index < -0.39 is 11.2 Å². The maximum absolute atomic E-state index is 13.1. The van der Waals surface area contributed by atoms with Crippen LogP contribution >= 0.6 is 11.6 Å². The molecule has 0 unspecified atom stereocenters. The molecule has 2 nitrogen and oxygen atoms in total. The molecule has 4 heteroatoms. The number of halogens is 2. The van der Waals surface area contributed by atoms with Crippen molar-refractivity contribution in [3.63, 3.8) is 0 Å². The van der Waals surface area contributed by atoms with Crippen molar-refractivity contribution in [3.8, 4) is 6.07 Å². The number of hydrogen-bond donors (Lipinski definition) is 0. The van der Waals surface area contributed by atoms with E-state index in [-0.39, 0.29) is 5.02 Å². The molecule has 84 valence electrons. The highest BCUT2D eigenvalue weighted by Gasteiger charge is 2.34. The minimum Gasteiger partial charge on any atom is -0.381 e. The van der Waals surface area contributed by atoms with E-state index in [1.165, 1.54) is 6.07 Å². The normalized spacial score (nSPS) is 19.1. The summed E-state index contributed by atoms with van der Waals surface area (Å²) < 4.78 is 18.3. The Hall–Kier alpha value is -1.11. The van der Waals surface area contributed by atoms with Gasteiger partial charge in [-0.25, -0.2) is 4.39 Å². The zero-order valence-electron chi connectivity index (χ0n) is 8.67. The molecule has 2 rings (SSSR count). The fourth-order valence-corrected chi connectivity index (χ4v) is 2.16. The molecule has 0 amide bonds. The Morgan fingerprint density at radius 3 is 2.62 bits per heavy atom. The maximum atomic E-state index is 13.1. The highest BCUT2D eigenvalue weighted by Crippen LogP contribution is 2.35. The van der Waals surface area contributed by atoms with Gasteiger partial charge < -0.3 is 4.74 Å². The summed E-state index contributed by atoms with van der Waals surface area (Å²) in [6.07, 6.45) is 1.26. The molecule has 0 bridgehead atoms. The van der Waals surface area contributed by atoms with Gasteiger partial charge in [-0.15, -0.1) is 0 Å². The number of rotatable bonds is 1. The van der Waals surface area contributed by atoms with Gasteiger partial charge in [-0.1, -0.05) is 17.7 Å². The van der Waals surface area contributed by atoms with E-state index in [1.807, 2.05) is 0 Å². The zero-order valence-corrected chi connectivity index (χ0v) is 9.43. The van der Waals surface area contributed by atoms with Gasteiger partial charge in [0.05, 0.1) is 16.5 Å². The SMILES string of the molecule is N#CC1(c2ccc(F)c(Cl)c2)CCOCC1. The molecule has 1 aromatic carbocycles. The van der Waals surface area contributed by atoms with Crippen molar-refractivity contribution in [3.05, 3.63) is 34.6 Å². The van der Waals surface area contributed by atoms with Crippen molar-refractivity contribution in [2.45, 2.75) is 18.3 Å². The van der Waals surface area contributed by atoms with Crippen LogP contribution in [0.4, 0.5) is 4.39 Å². The molecule has 0 atom stereocenters. The number of hydrogen-bond acceptors (Lipinski definition) is 2. The quantitative estimate of drug-likeness (QED) is 0.755. The average molecular weight is 240 g/mol. The summed E-state index contributed by atoms with van der Waals surface area (Å²) in [4.78, 5) is 0. The Kier molecular flexibility index (Phi) is 3.13. The largest absolute Gasteiger partial charge is 0.381 e. The first-order valence-corrected chi connectivity index (χ1v) is 5.50. The molecule has 0 saturated carbocycles. The zero-order chi connectivity index (χ0) is 11.6. The monoisotopic (exact) mass is 239 g/mol. The topological polar surface area (TPSA) is 33.0 Å². The molecule has 1 heterocycles. The first kappa shape index (κ1) is 11.4. The lowest BCUT2D eigenvalue weighted by Crippen LogP contribution is -2.32. The molecule has 1 saturated heterocycles. The van der Waals surface area contributed by atoms with Gasteiger partial charge in [-0.3, -0.25) is 0 Å². The van der Waals surface area contributed by atoms with Crippen LogP contribution in [0.15, 0.2) is 18.2 Å². The predicted octanol–water partition coefficient (Wildman–Crippen LogP) is 3.05. The second-order valence-corrected chi connectivity index (χ2v) is 4.34. The molecule has 0 spiro atoms. The molecule has 1 aliphatic rings. The summed E-state index contributed by atoms with van der Waals surface area (Å²) in [5.41, 5.74) is 0.208. The van der Waals surface area contributed by atoms with Crippen molar-refractivity contribution in [1.82, 2.24) is 0 Å². The molecular formula is C12H11ClFNO.